The fourth-order valence-electron chi connectivity index (χ4n) is 4.95. The molecular formula is C23H40O14. The third-order valence-electron chi connectivity index (χ3n) is 7.69. The number of rotatable bonds is 11. The summed E-state index contributed by atoms with van der Waals surface area (Å²) in [5.41, 5.74) is -1.88. The first kappa shape index (κ1) is 31.8. The maximum atomic E-state index is 12.3. The van der Waals surface area contributed by atoms with E-state index in [1.54, 1.807) is 13.8 Å². The lowest BCUT2D eigenvalue weighted by Crippen LogP contribution is -2.65. The van der Waals surface area contributed by atoms with Gasteiger partial charge in [-0.15, -0.1) is 0 Å². The summed E-state index contributed by atoms with van der Waals surface area (Å²) >= 11 is 0. The standard InChI is InChI=1S/C23H40O14/c1-9(2)22(20(31)32)5-12(26)10(3)19(36-22)17(30)15(8-25)35-23(21(33)34)6-13(27)11(4)18(37-23)16(29)14(28)7-24/h9-19,24-30H,5-8H2,1-4H3,(H,31,32)(H,33,34)/t10-,11-,12-,13-,14-,15-,16-,17-,18?,19?,22+,23-/m1/s1. The van der Waals surface area contributed by atoms with E-state index in [0.29, 0.717) is 0 Å². The summed E-state index contributed by atoms with van der Waals surface area (Å²) in [6, 6.07) is 0. The zero-order chi connectivity index (χ0) is 28.5. The van der Waals surface area contributed by atoms with Crippen molar-refractivity contribution in [3.05, 3.63) is 0 Å². The smallest absolute Gasteiger partial charge is 0.364 e. The van der Waals surface area contributed by atoms with Crippen LogP contribution >= 0.6 is 0 Å². The van der Waals surface area contributed by atoms with E-state index in [9.17, 15) is 55.5 Å². The summed E-state index contributed by atoms with van der Waals surface area (Å²) in [5, 5.41) is 91.5. The number of carboxylic acid groups (broad SMARTS) is 2. The lowest BCUT2D eigenvalue weighted by molar-refractivity contribution is -0.343. The molecule has 14 nitrogen and oxygen atoms in total. The molecule has 0 saturated carbocycles. The average molecular weight is 541 g/mol. The van der Waals surface area contributed by atoms with Gasteiger partial charge in [-0.1, -0.05) is 27.7 Å². The van der Waals surface area contributed by atoms with Gasteiger partial charge in [-0.2, -0.15) is 0 Å². The molecule has 2 saturated heterocycles. The Bertz CT molecular complexity index is 793. The van der Waals surface area contributed by atoms with Gasteiger partial charge >= 0.3 is 11.9 Å². The third kappa shape index (κ3) is 6.08. The minimum absolute atomic E-state index is 0.270. The van der Waals surface area contributed by atoms with Crippen molar-refractivity contribution in [2.45, 2.75) is 101 Å². The van der Waals surface area contributed by atoms with Crippen molar-refractivity contribution >= 4 is 11.9 Å². The van der Waals surface area contributed by atoms with E-state index in [0.717, 1.165) is 0 Å². The lowest BCUT2D eigenvalue weighted by atomic mass is 9.76. The molecule has 9 N–H and O–H groups in total. The number of hydrogen-bond acceptors (Lipinski definition) is 12. The minimum Gasteiger partial charge on any atom is -0.479 e. The van der Waals surface area contributed by atoms with Gasteiger partial charge in [0.1, 0.15) is 24.4 Å². The van der Waals surface area contributed by atoms with Gasteiger partial charge in [-0.3, -0.25) is 0 Å². The number of aliphatic hydroxyl groups is 7. The van der Waals surface area contributed by atoms with Gasteiger partial charge in [0.05, 0.1) is 37.6 Å². The predicted octanol–water partition coefficient (Wildman–Crippen LogP) is -2.73. The number of hydrogen-bond donors (Lipinski definition) is 9. The number of carboxylic acids is 2. The van der Waals surface area contributed by atoms with Crippen molar-refractivity contribution in [1.82, 2.24) is 0 Å². The maximum Gasteiger partial charge on any atom is 0.364 e. The van der Waals surface area contributed by atoms with Crippen LogP contribution in [0.5, 0.6) is 0 Å². The zero-order valence-electron chi connectivity index (χ0n) is 21.2. The third-order valence-corrected chi connectivity index (χ3v) is 7.69. The van der Waals surface area contributed by atoms with Gasteiger partial charge in [0.2, 0.25) is 0 Å². The van der Waals surface area contributed by atoms with Gasteiger partial charge in [0.15, 0.2) is 5.60 Å². The average Bonchev–Trinajstić information content (AvgIpc) is 2.84. The Morgan fingerprint density at radius 2 is 1.38 bits per heavy atom. The zero-order valence-corrected chi connectivity index (χ0v) is 21.2. The van der Waals surface area contributed by atoms with Crippen LogP contribution in [0.25, 0.3) is 0 Å². The van der Waals surface area contributed by atoms with Crippen molar-refractivity contribution < 1.29 is 69.8 Å². The molecule has 2 aliphatic heterocycles. The maximum absolute atomic E-state index is 12.3. The Hall–Kier alpha value is -1.46. The molecule has 2 aliphatic rings. The highest BCUT2D eigenvalue weighted by Crippen LogP contribution is 2.42. The van der Waals surface area contributed by atoms with E-state index in [-0.39, 0.29) is 6.42 Å². The van der Waals surface area contributed by atoms with E-state index in [4.69, 9.17) is 14.2 Å². The highest BCUT2D eigenvalue weighted by molar-refractivity contribution is 5.78. The van der Waals surface area contributed by atoms with E-state index in [1.807, 2.05) is 0 Å². The molecule has 0 aromatic heterocycles. The molecule has 216 valence electrons. The number of ether oxygens (including phenoxy) is 3. The van der Waals surface area contributed by atoms with Crippen LogP contribution < -0.4 is 0 Å². The fourth-order valence-corrected chi connectivity index (χ4v) is 4.95. The van der Waals surface area contributed by atoms with Crippen molar-refractivity contribution in [3.8, 4) is 0 Å². The Morgan fingerprint density at radius 1 is 0.865 bits per heavy atom. The number of carbonyl (C=O) groups is 2. The Balaban J connectivity index is 2.41. The van der Waals surface area contributed by atoms with E-state index in [2.05, 4.69) is 0 Å². The molecule has 14 heteroatoms. The Labute approximate surface area is 214 Å². The molecule has 2 rings (SSSR count). The molecule has 0 spiro atoms. The molecule has 12 atom stereocenters. The van der Waals surface area contributed by atoms with Gasteiger partial charge in [-0.05, 0) is 5.92 Å². The molecule has 0 radical (unpaired) electrons. The molecule has 0 aliphatic carbocycles. The first-order valence-corrected chi connectivity index (χ1v) is 12.2. The quantitative estimate of drug-likeness (QED) is 0.129. The van der Waals surface area contributed by atoms with Gasteiger partial charge < -0.3 is 60.2 Å². The topological polar surface area (TPSA) is 244 Å². The number of aliphatic carboxylic acids is 2. The normalized spacial score (nSPS) is 40.1. The van der Waals surface area contributed by atoms with Crippen LogP contribution in [-0.4, -0.2) is 131 Å². The lowest BCUT2D eigenvalue weighted by Gasteiger charge is -2.50. The van der Waals surface area contributed by atoms with Crippen LogP contribution in [0.3, 0.4) is 0 Å². The number of aliphatic hydroxyl groups excluding tert-OH is 7. The van der Waals surface area contributed by atoms with Gasteiger partial charge in [0, 0.05) is 24.7 Å². The van der Waals surface area contributed by atoms with Gasteiger partial charge in [-0.25, -0.2) is 9.59 Å². The highest BCUT2D eigenvalue weighted by Gasteiger charge is 2.58. The Kier molecular flexibility index (Phi) is 10.4. The summed E-state index contributed by atoms with van der Waals surface area (Å²) in [6.07, 6.45) is -13.8. The van der Waals surface area contributed by atoms with Crippen molar-refractivity contribution in [2.75, 3.05) is 13.2 Å². The van der Waals surface area contributed by atoms with Crippen LogP contribution in [-0.2, 0) is 23.8 Å². The summed E-state index contributed by atoms with van der Waals surface area (Å²) < 4.78 is 16.9. The SMILES string of the molecule is CC(C)[C@]1(C(=O)O)C[C@@H](O)[C@@H](C)C([C@H](O)[C@@H](CO)O[C@]2(C(=O)O)C[C@@H](O)[C@@H](C)C([C@H](O)[C@H](O)CO)O2)O1. The van der Waals surface area contributed by atoms with Crippen LogP contribution in [0.1, 0.15) is 40.5 Å². The second-order valence-corrected chi connectivity index (χ2v) is 10.4. The molecule has 0 bridgehead atoms. The molecule has 0 aromatic carbocycles. The Morgan fingerprint density at radius 3 is 1.81 bits per heavy atom. The van der Waals surface area contributed by atoms with Gasteiger partial charge in [0.25, 0.3) is 5.79 Å². The molecule has 37 heavy (non-hydrogen) atoms. The van der Waals surface area contributed by atoms with Crippen LogP contribution in [0.4, 0.5) is 0 Å². The molecular weight excluding hydrogens is 500 g/mol. The second-order valence-electron chi connectivity index (χ2n) is 10.4. The molecule has 2 fully saturated rings. The molecule has 0 aromatic rings. The van der Waals surface area contributed by atoms with Crippen LogP contribution in [0.2, 0.25) is 0 Å². The predicted molar refractivity (Wildman–Crippen MR) is 122 cm³/mol. The first-order valence-electron chi connectivity index (χ1n) is 12.2. The van der Waals surface area contributed by atoms with E-state index >= 15 is 0 Å². The van der Waals surface area contributed by atoms with Crippen molar-refractivity contribution in [3.63, 3.8) is 0 Å². The minimum atomic E-state index is -2.72. The van der Waals surface area contributed by atoms with E-state index in [1.165, 1.54) is 13.8 Å². The summed E-state index contributed by atoms with van der Waals surface area (Å²) in [6.45, 7) is 4.14. The largest absolute Gasteiger partial charge is 0.479 e. The second kappa shape index (κ2) is 12.2. The summed E-state index contributed by atoms with van der Waals surface area (Å²) in [5.74, 6) is -8.28. The summed E-state index contributed by atoms with van der Waals surface area (Å²) in [7, 11) is 0. The van der Waals surface area contributed by atoms with E-state index < -0.39 is 110 Å². The fraction of sp³-hybridized carbons (Fsp3) is 0.913. The summed E-state index contributed by atoms with van der Waals surface area (Å²) in [4.78, 5) is 24.4. The molecule has 2 heterocycles. The first-order chi connectivity index (χ1) is 17.1. The highest BCUT2D eigenvalue weighted by atomic mass is 16.7. The monoisotopic (exact) mass is 540 g/mol. The van der Waals surface area contributed by atoms with Crippen LogP contribution in [0, 0.1) is 17.8 Å². The van der Waals surface area contributed by atoms with Crippen molar-refractivity contribution in [2.24, 2.45) is 17.8 Å². The molecule has 0 amide bonds. The van der Waals surface area contributed by atoms with Crippen molar-refractivity contribution in [1.29, 1.82) is 0 Å². The molecule has 2 unspecified atom stereocenters. The van der Waals surface area contributed by atoms with Crippen LogP contribution in [0.15, 0.2) is 0 Å².